The molecule has 0 spiro atoms. The Morgan fingerprint density at radius 1 is 1.37 bits per heavy atom. The van der Waals surface area contributed by atoms with E-state index in [1.54, 1.807) is 12.1 Å². The molecule has 3 nitrogen and oxygen atoms in total. The fourth-order valence-corrected chi connectivity index (χ4v) is 2.83. The van der Waals surface area contributed by atoms with Crippen molar-refractivity contribution in [2.24, 2.45) is 0 Å². The fourth-order valence-electron chi connectivity index (χ4n) is 2.83. The molecule has 0 atom stereocenters. The minimum absolute atomic E-state index is 0.185. The largest absolute Gasteiger partial charge is 0.369 e. The van der Waals surface area contributed by atoms with Gasteiger partial charge in [-0.3, -0.25) is 0 Å². The molecule has 0 radical (unpaired) electrons. The number of anilines is 1. The second kappa shape index (κ2) is 5.58. The van der Waals surface area contributed by atoms with Crippen molar-refractivity contribution in [3.8, 4) is 6.07 Å². The molecule has 1 aromatic carbocycles. The zero-order chi connectivity index (χ0) is 13.9. The number of nitriles is 1. The van der Waals surface area contributed by atoms with E-state index in [0.29, 0.717) is 11.7 Å². The molecule has 0 saturated heterocycles. The summed E-state index contributed by atoms with van der Waals surface area (Å²) in [6.07, 6.45) is 3.42. The highest BCUT2D eigenvalue weighted by molar-refractivity contribution is 5.48. The van der Waals surface area contributed by atoms with Crippen LogP contribution in [-0.4, -0.2) is 25.7 Å². The van der Waals surface area contributed by atoms with Gasteiger partial charge in [-0.1, -0.05) is 12.1 Å². The number of hydrogen-bond donors (Lipinski definition) is 1. The van der Waals surface area contributed by atoms with Crippen LogP contribution in [0.4, 0.5) is 10.1 Å². The van der Waals surface area contributed by atoms with Crippen LogP contribution in [0.5, 0.6) is 0 Å². The molecule has 19 heavy (non-hydrogen) atoms. The van der Waals surface area contributed by atoms with Crippen molar-refractivity contribution in [1.82, 2.24) is 5.32 Å². The van der Waals surface area contributed by atoms with E-state index >= 15 is 0 Å². The van der Waals surface area contributed by atoms with E-state index in [4.69, 9.17) is 0 Å². The molecule has 2 rings (SSSR count). The van der Waals surface area contributed by atoms with Gasteiger partial charge in [-0.15, -0.1) is 0 Å². The highest BCUT2D eigenvalue weighted by atomic mass is 19.1. The monoisotopic (exact) mass is 261 g/mol. The summed E-state index contributed by atoms with van der Waals surface area (Å²) in [4.78, 5) is 2.01. The van der Waals surface area contributed by atoms with Crippen LogP contribution in [0, 0.1) is 17.1 Å². The number of nitrogens with zero attached hydrogens (tertiary/aromatic N) is 2. The molecule has 0 aromatic heterocycles. The molecule has 0 amide bonds. The average Bonchev–Trinajstić information content (AvgIpc) is 2.47. The summed E-state index contributed by atoms with van der Waals surface area (Å²) in [6.45, 7) is 0. The van der Waals surface area contributed by atoms with Crippen LogP contribution in [0.3, 0.4) is 0 Å². The zero-order valence-corrected chi connectivity index (χ0v) is 11.5. The van der Waals surface area contributed by atoms with Gasteiger partial charge in [-0.25, -0.2) is 4.39 Å². The molecule has 0 bridgehead atoms. The second-order valence-electron chi connectivity index (χ2n) is 5.24. The van der Waals surface area contributed by atoms with Crippen molar-refractivity contribution in [3.63, 3.8) is 0 Å². The lowest BCUT2D eigenvalue weighted by molar-refractivity contribution is 0.287. The van der Waals surface area contributed by atoms with Gasteiger partial charge < -0.3 is 10.2 Å². The fraction of sp³-hybridized carbons (Fsp3) is 0.533. The van der Waals surface area contributed by atoms with Crippen LogP contribution >= 0.6 is 0 Å². The lowest BCUT2D eigenvalue weighted by Crippen LogP contribution is -2.48. The van der Waals surface area contributed by atoms with Crippen LogP contribution in [0.1, 0.15) is 25.7 Å². The minimum atomic E-state index is -0.396. The molecule has 1 saturated carbocycles. The van der Waals surface area contributed by atoms with Crippen molar-refractivity contribution in [2.75, 3.05) is 19.0 Å². The molecule has 0 heterocycles. The first-order valence-corrected chi connectivity index (χ1v) is 6.69. The van der Waals surface area contributed by atoms with Crippen molar-refractivity contribution in [1.29, 1.82) is 5.26 Å². The molecule has 1 aliphatic rings. The highest BCUT2D eigenvalue weighted by Gasteiger charge is 2.35. The summed E-state index contributed by atoms with van der Waals surface area (Å²) in [5, 5.41) is 12.4. The van der Waals surface area contributed by atoms with Crippen LogP contribution in [0.25, 0.3) is 0 Å². The standard InChI is InChI=1S/C15H20FN3/c1-18-15(11-17)9-7-12(8-10-15)19(2)14-6-4-3-5-13(14)16/h3-6,12,18H,7-10H2,1-2H3. The maximum absolute atomic E-state index is 13.8. The van der Waals surface area contributed by atoms with Gasteiger partial charge >= 0.3 is 0 Å². The third-order valence-electron chi connectivity index (χ3n) is 4.28. The zero-order valence-electron chi connectivity index (χ0n) is 11.5. The predicted octanol–water partition coefficient (Wildman–Crippen LogP) is 2.69. The molecule has 1 fully saturated rings. The maximum atomic E-state index is 13.8. The molecular formula is C15H20FN3. The molecule has 0 aliphatic heterocycles. The quantitative estimate of drug-likeness (QED) is 0.909. The van der Waals surface area contributed by atoms with Crippen LogP contribution in [0.15, 0.2) is 24.3 Å². The predicted molar refractivity (Wildman–Crippen MR) is 74.5 cm³/mol. The number of benzene rings is 1. The summed E-state index contributed by atoms with van der Waals surface area (Å²) in [5.41, 5.74) is 0.244. The Labute approximate surface area is 114 Å². The molecule has 1 aliphatic carbocycles. The lowest BCUT2D eigenvalue weighted by Gasteiger charge is -2.39. The van der Waals surface area contributed by atoms with Gasteiger partial charge in [-0.2, -0.15) is 5.26 Å². The van der Waals surface area contributed by atoms with Gasteiger partial charge in [0.2, 0.25) is 0 Å². The number of nitrogens with one attached hydrogen (secondary N) is 1. The van der Waals surface area contributed by atoms with E-state index in [0.717, 1.165) is 25.7 Å². The smallest absolute Gasteiger partial charge is 0.146 e. The Bertz CT molecular complexity index is 473. The summed E-state index contributed by atoms with van der Waals surface area (Å²) in [7, 11) is 3.77. The molecule has 102 valence electrons. The second-order valence-corrected chi connectivity index (χ2v) is 5.24. The first kappa shape index (κ1) is 13.8. The summed E-state index contributed by atoms with van der Waals surface area (Å²) < 4.78 is 13.8. The average molecular weight is 261 g/mol. The van der Waals surface area contributed by atoms with Gasteiger partial charge in [0.15, 0.2) is 0 Å². The van der Waals surface area contributed by atoms with E-state index in [1.165, 1.54) is 6.07 Å². The summed E-state index contributed by atoms with van der Waals surface area (Å²) in [6, 6.07) is 9.52. The Hall–Kier alpha value is -1.60. The highest BCUT2D eigenvalue weighted by Crippen LogP contribution is 2.32. The molecule has 0 unspecified atom stereocenters. The van der Waals surface area contributed by atoms with Gasteiger partial charge in [0, 0.05) is 13.1 Å². The van der Waals surface area contributed by atoms with Crippen LogP contribution in [-0.2, 0) is 0 Å². The maximum Gasteiger partial charge on any atom is 0.146 e. The van der Waals surface area contributed by atoms with Crippen molar-refractivity contribution < 1.29 is 4.39 Å². The van der Waals surface area contributed by atoms with E-state index in [1.807, 2.05) is 25.1 Å². The van der Waals surface area contributed by atoms with Gasteiger partial charge in [-0.05, 0) is 44.9 Å². The van der Waals surface area contributed by atoms with E-state index < -0.39 is 5.54 Å². The Kier molecular flexibility index (Phi) is 4.06. The van der Waals surface area contributed by atoms with Crippen molar-refractivity contribution >= 4 is 5.69 Å². The van der Waals surface area contributed by atoms with Crippen LogP contribution < -0.4 is 10.2 Å². The van der Waals surface area contributed by atoms with Crippen LogP contribution in [0.2, 0.25) is 0 Å². The minimum Gasteiger partial charge on any atom is -0.369 e. The molecular weight excluding hydrogens is 241 g/mol. The molecule has 1 aromatic rings. The SMILES string of the molecule is CNC1(C#N)CCC(N(C)c2ccccc2F)CC1. The van der Waals surface area contributed by atoms with E-state index in [2.05, 4.69) is 11.4 Å². The summed E-state index contributed by atoms with van der Waals surface area (Å²) >= 11 is 0. The number of rotatable bonds is 3. The van der Waals surface area contributed by atoms with E-state index in [9.17, 15) is 9.65 Å². The first-order chi connectivity index (χ1) is 9.12. The Morgan fingerprint density at radius 3 is 2.53 bits per heavy atom. The Morgan fingerprint density at radius 2 is 2.00 bits per heavy atom. The topological polar surface area (TPSA) is 39.1 Å². The third kappa shape index (κ3) is 2.71. The van der Waals surface area contributed by atoms with Gasteiger partial charge in [0.1, 0.15) is 11.4 Å². The molecule has 1 N–H and O–H groups in total. The van der Waals surface area contributed by atoms with Gasteiger partial charge in [0.05, 0.1) is 11.8 Å². The summed E-state index contributed by atoms with van der Waals surface area (Å²) in [5.74, 6) is -0.185. The first-order valence-electron chi connectivity index (χ1n) is 6.69. The van der Waals surface area contributed by atoms with E-state index in [-0.39, 0.29) is 5.82 Å². The molecule has 4 heteroatoms. The number of hydrogen-bond acceptors (Lipinski definition) is 3. The number of halogens is 1. The number of para-hydroxylation sites is 1. The lowest BCUT2D eigenvalue weighted by atomic mass is 9.80. The third-order valence-corrected chi connectivity index (χ3v) is 4.28. The normalized spacial score (nSPS) is 26.7. The Balaban J connectivity index is 2.06. The van der Waals surface area contributed by atoms with Crippen molar-refractivity contribution in [2.45, 2.75) is 37.3 Å². The van der Waals surface area contributed by atoms with Crippen molar-refractivity contribution in [3.05, 3.63) is 30.1 Å². The van der Waals surface area contributed by atoms with Gasteiger partial charge in [0.25, 0.3) is 0 Å².